The minimum absolute atomic E-state index is 0.0130. The van der Waals surface area contributed by atoms with Crippen LogP contribution in [-0.2, 0) is 0 Å². The number of aliphatic hydroxyl groups excluding tert-OH is 1. The van der Waals surface area contributed by atoms with Crippen molar-refractivity contribution in [2.75, 3.05) is 25.0 Å². The number of nitrogens with one attached hydrogen (secondary N) is 1. The largest absolute Gasteiger partial charge is 0.440 e. The molecular weight excluding hydrogens is 318 g/mol. The van der Waals surface area contributed by atoms with Crippen molar-refractivity contribution in [1.82, 2.24) is 9.88 Å². The summed E-state index contributed by atoms with van der Waals surface area (Å²) in [6, 6.07) is 5.39. The van der Waals surface area contributed by atoms with E-state index in [1.807, 2.05) is 18.2 Å². The van der Waals surface area contributed by atoms with Crippen LogP contribution in [0.2, 0.25) is 0 Å². The number of hydrogen-bond acceptors (Lipinski definition) is 4. The third kappa shape index (κ3) is 4.72. The fraction of sp³-hybridized carbons (Fsp3) is 0.579. The Bertz CT molecular complexity index is 744. The van der Waals surface area contributed by atoms with Crippen LogP contribution >= 0.6 is 0 Å². The number of urea groups is 1. The number of fused-ring (bicyclic) bond motifs is 1. The summed E-state index contributed by atoms with van der Waals surface area (Å²) < 4.78 is 5.81. The van der Waals surface area contributed by atoms with Crippen molar-refractivity contribution in [3.63, 3.8) is 0 Å². The van der Waals surface area contributed by atoms with Gasteiger partial charge in [0, 0.05) is 37.4 Å². The van der Waals surface area contributed by atoms with Gasteiger partial charge in [-0.15, -0.1) is 0 Å². The number of benzene rings is 1. The van der Waals surface area contributed by atoms with E-state index in [1.54, 1.807) is 4.90 Å². The topological polar surface area (TPSA) is 78.6 Å². The Morgan fingerprint density at radius 2 is 2.16 bits per heavy atom. The fourth-order valence-corrected chi connectivity index (χ4v) is 2.81. The Hall–Kier alpha value is -2.08. The predicted octanol–water partition coefficient (Wildman–Crippen LogP) is 3.97. The molecule has 136 valence electrons. The Morgan fingerprint density at radius 3 is 2.80 bits per heavy atom. The summed E-state index contributed by atoms with van der Waals surface area (Å²) in [4.78, 5) is 18.9. The molecule has 0 radical (unpaired) electrons. The number of carbonyl (C=O) groups is 1. The van der Waals surface area contributed by atoms with Gasteiger partial charge < -0.3 is 19.7 Å². The lowest BCUT2D eigenvalue weighted by molar-refractivity contribution is 0.176. The van der Waals surface area contributed by atoms with Gasteiger partial charge in [-0.05, 0) is 36.8 Å². The SMILES string of the molecule is CC(C)(C)CN(CCCO)C(=O)Nc1ccc2nc(C3CC3)oc2c1. The van der Waals surface area contributed by atoms with Crippen molar-refractivity contribution >= 4 is 22.8 Å². The summed E-state index contributed by atoms with van der Waals surface area (Å²) in [6.07, 6.45) is 2.85. The molecular formula is C19H27N3O3. The van der Waals surface area contributed by atoms with Crippen LogP contribution in [0.1, 0.15) is 51.8 Å². The Morgan fingerprint density at radius 1 is 1.40 bits per heavy atom. The number of hydrogen-bond donors (Lipinski definition) is 2. The summed E-state index contributed by atoms with van der Waals surface area (Å²) in [5, 5.41) is 12.0. The zero-order chi connectivity index (χ0) is 18.0. The molecule has 1 saturated carbocycles. The molecule has 3 rings (SSSR count). The number of aromatic nitrogens is 1. The van der Waals surface area contributed by atoms with Gasteiger partial charge in [-0.2, -0.15) is 0 Å². The zero-order valence-corrected chi connectivity index (χ0v) is 15.2. The monoisotopic (exact) mass is 345 g/mol. The van der Waals surface area contributed by atoms with Crippen molar-refractivity contribution in [2.45, 2.75) is 46.0 Å². The minimum atomic E-state index is -0.162. The Labute approximate surface area is 148 Å². The highest BCUT2D eigenvalue weighted by Crippen LogP contribution is 2.40. The van der Waals surface area contributed by atoms with Gasteiger partial charge in [-0.3, -0.25) is 0 Å². The second-order valence-corrected chi connectivity index (χ2v) is 8.00. The second-order valence-electron chi connectivity index (χ2n) is 8.00. The molecule has 1 aliphatic carbocycles. The highest BCUT2D eigenvalue weighted by Gasteiger charge is 2.29. The first-order chi connectivity index (χ1) is 11.9. The predicted molar refractivity (Wildman–Crippen MR) is 97.7 cm³/mol. The lowest BCUT2D eigenvalue weighted by Crippen LogP contribution is -2.41. The van der Waals surface area contributed by atoms with Gasteiger partial charge in [0.1, 0.15) is 5.52 Å². The van der Waals surface area contributed by atoms with E-state index in [2.05, 4.69) is 31.1 Å². The lowest BCUT2D eigenvalue weighted by Gasteiger charge is -2.30. The number of carbonyl (C=O) groups excluding carboxylic acids is 1. The van der Waals surface area contributed by atoms with Crippen LogP contribution in [-0.4, -0.2) is 40.7 Å². The molecule has 0 bridgehead atoms. The zero-order valence-electron chi connectivity index (χ0n) is 15.2. The van der Waals surface area contributed by atoms with Crippen molar-refractivity contribution in [3.8, 4) is 0 Å². The van der Waals surface area contributed by atoms with Crippen LogP contribution in [0, 0.1) is 5.41 Å². The first-order valence-corrected chi connectivity index (χ1v) is 8.93. The van der Waals surface area contributed by atoms with Gasteiger partial charge in [0.2, 0.25) is 0 Å². The van der Waals surface area contributed by atoms with E-state index in [-0.39, 0.29) is 18.1 Å². The molecule has 0 saturated heterocycles. The van der Waals surface area contributed by atoms with Gasteiger partial charge in [0.25, 0.3) is 0 Å². The number of oxazole rings is 1. The summed E-state index contributed by atoms with van der Waals surface area (Å²) in [6.45, 7) is 7.48. The highest BCUT2D eigenvalue weighted by atomic mass is 16.3. The smallest absolute Gasteiger partial charge is 0.321 e. The molecule has 6 heteroatoms. The molecule has 2 aromatic rings. The Balaban J connectivity index is 1.71. The van der Waals surface area contributed by atoms with E-state index in [0.29, 0.717) is 36.7 Å². The van der Waals surface area contributed by atoms with Gasteiger partial charge in [0.15, 0.2) is 11.5 Å². The molecule has 6 nitrogen and oxygen atoms in total. The summed E-state index contributed by atoms with van der Waals surface area (Å²) in [7, 11) is 0. The summed E-state index contributed by atoms with van der Waals surface area (Å²) >= 11 is 0. The third-order valence-electron chi connectivity index (χ3n) is 4.12. The van der Waals surface area contributed by atoms with Crippen LogP contribution in [0.3, 0.4) is 0 Å². The molecule has 0 unspecified atom stereocenters. The average Bonchev–Trinajstić information content (AvgIpc) is 3.30. The minimum Gasteiger partial charge on any atom is -0.440 e. The molecule has 2 N–H and O–H groups in total. The van der Waals surface area contributed by atoms with Gasteiger partial charge in [0.05, 0.1) is 0 Å². The van der Waals surface area contributed by atoms with Crippen LogP contribution in [0.5, 0.6) is 0 Å². The van der Waals surface area contributed by atoms with Gasteiger partial charge in [-0.1, -0.05) is 20.8 Å². The second kappa shape index (κ2) is 7.04. The van der Waals surface area contributed by atoms with E-state index >= 15 is 0 Å². The maximum Gasteiger partial charge on any atom is 0.321 e. The molecule has 1 fully saturated rings. The van der Waals surface area contributed by atoms with Crippen LogP contribution < -0.4 is 5.32 Å². The average molecular weight is 345 g/mol. The summed E-state index contributed by atoms with van der Waals surface area (Å²) in [5.41, 5.74) is 2.21. The van der Waals surface area contributed by atoms with Gasteiger partial charge >= 0.3 is 6.03 Å². The number of rotatable bonds is 6. The number of aliphatic hydroxyl groups is 1. The van der Waals surface area contributed by atoms with Crippen molar-refractivity contribution in [3.05, 3.63) is 24.1 Å². The first-order valence-electron chi connectivity index (χ1n) is 8.93. The summed E-state index contributed by atoms with van der Waals surface area (Å²) in [5.74, 6) is 1.27. The molecule has 2 amide bonds. The molecule has 0 spiro atoms. The van der Waals surface area contributed by atoms with Crippen molar-refractivity contribution in [2.24, 2.45) is 5.41 Å². The Kier molecular flexibility index (Phi) is 4.99. The normalized spacial score (nSPS) is 14.7. The lowest BCUT2D eigenvalue weighted by atomic mass is 9.96. The first kappa shape index (κ1) is 17.7. The van der Waals surface area contributed by atoms with E-state index in [1.165, 1.54) is 0 Å². The molecule has 1 aromatic carbocycles. The quantitative estimate of drug-likeness (QED) is 0.830. The van der Waals surface area contributed by atoms with Gasteiger partial charge in [-0.25, -0.2) is 9.78 Å². The molecule has 1 heterocycles. The number of amides is 2. The third-order valence-corrected chi connectivity index (χ3v) is 4.12. The maximum absolute atomic E-state index is 12.6. The highest BCUT2D eigenvalue weighted by molar-refractivity contribution is 5.91. The van der Waals surface area contributed by atoms with E-state index in [4.69, 9.17) is 9.52 Å². The van der Waals surface area contributed by atoms with Crippen LogP contribution in [0.15, 0.2) is 22.6 Å². The molecule has 1 aromatic heterocycles. The number of anilines is 1. The molecule has 25 heavy (non-hydrogen) atoms. The van der Waals surface area contributed by atoms with E-state index in [0.717, 1.165) is 24.2 Å². The van der Waals surface area contributed by atoms with Crippen LogP contribution in [0.25, 0.3) is 11.1 Å². The van der Waals surface area contributed by atoms with Crippen molar-refractivity contribution < 1.29 is 14.3 Å². The molecule has 0 atom stereocenters. The van der Waals surface area contributed by atoms with Crippen LogP contribution in [0.4, 0.5) is 10.5 Å². The van der Waals surface area contributed by atoms with Crippen molar-refractivity contribution in [1.29, 1.82) is 0 Å². The maximum atomic E-state index is 12.6. The van der Waals surface area contributed by atoms with E-state index in [9.17, 15) is 4.79 Å². The molecule has 1 aliphatic rings. The van der Waals surface area contributed by atoms with E-state index < -0.39 is 0 Å². The standard InChI is InChI=1S/C19H27N3O3/c1-19(2,3)12-22(9-4-10-23)18(24)20-14-7-8-15-16(11-14)25-17(21-15)13-5-6-13/h7-8,11,13,23H,4-6,9-10,12H2,1-3H3,(H,20,24). The number of nitrogens with zero attached hydrogens (tertiary/aromatic N) is 2. The fourth-order valence-electron chi connectivity index (χ4n) is 2.81. The molecule has 0 aliphatic heterocycles.